The molecule has 0 spiro atoms. The number of rotatable bonds is 1. The van der Waals surface area contributed by atoms with Crippen molar-refractivity contribution in [1.82, 2.24) is 4.90 Å². The summed E-state index contributed by atoms with van der Waals surface area (Å²) in [6.45, 7) is 3.18. The van der Waals surface area contributed by atoms with Gasteiger partial charge in [-0.3, -0.25) is 4.79 Å². The second-order valence-corrected chi connectivity index (χ2v) is 2.77. The van der Waals surface area contributed by atoms with Crippen LogP contribution in [0.4, 0.5) is 0 Å². The van der Waals surface area contributed by atoms with E-state index in [1.807, 2.05) is 6.07 Å². The normalized spacial score (nSPS) is 23.1. The van der Waals surface area contributed by atoms with E-state index in [1.54, 1.807) is 17.9 Å². The van der Waals surface area contributed by atoms with Crippen LogP contribution in [-0.4, -0.2) is 36.6 Å². The van der Waals surface area contributed by atoms with E-state index in [9.17, 15) is 4.79 Å². The molecule has 1 saturated heterocycles. The minimum Gasteiger partial charge on any atom is -0.360 e. The molecule has 1 aliphatic rings. The van der Waals surface area contributed by atoms with E-state index in [4.69, 9.17) is 10.00 Å². The zero-order valence-corrected chi connectivity index (χ0v) is 7.56. The quantitative estimate of drug-likeness (QED) is 0.546. The van der Waals surface area contributed by atoms with Crippen molar-refractivity contribution in [3.63, 3.8) is 0 Å². The highest BCUT2D eigenvalue weighted by Crippen LogP contribution is 2.04. The highest BCUT2D eigenvalue weighted by Gasteiger charge is 2.21. The fourth-order valence-corrected chi connectivity index (χ4v) is 1.18. The Morgan fingerprint density at radius 1 is 1.77 bits per heavy atom. The topological polar surface area (TPSA) is 53.3 Å². The number of nitrogens with zero attached hydrogens (tertiary/aromatic N) is 2. The van der Waals surface area contributed by atoms with Gasteiger partial charge < -0.3 is 9.64 Å². The van der Waals surface area contributed by atoms with Crippen LogP contribution >= 0.6 is 0 Å². The van der Waals surface area contributed by atoms with E-state index >= 15 is 0 Å². The number of carbonyl (C=O) groups excluding carboxylic acids is 1. The molecule has 0 saturated carbocycles. The molecule has 0 aliphatic carbocycles. The van der Waals surface area contributed by atoms with Crippen LogP contribution in [-0.2, 0) is 9.53 Å². The van der Waals surface area contributed by atoms with Gasteiger partial charge in [0, 0.05) is 6.54 Å². The molecule has 0 bridgehead atoms. The zero-order valence-electron chi connectivity index (χ0n) is 7.56. The lowest BCUT2D eigenvalue weighted by atomic mass is 10.3. The molecule has 1 heterocycles. The summed E-state index contributed by atoms with van der Waals surface area (Å²) in [5, 5.41) is 8.59. The summed E-state index contributed by atoms with van der Waals surface area (Å²) in [5.41, 5.74) is 0. The number of amides is 1. The number of hydrogen-bond donors (Lipinski definition) is 0. The number of morpholine rings is 1. The predicted molar refractivity (Wildman–Crippen MR) is 46.7 cm³/mol. The molecule has 1 fully saturated rings. The van der Waals surface area contributed by atoms with Gasteiger partial charge in [-0.2, -0.15) is 5.26 Å². The Kier molecular flexibility index (Phi) is 3.47. The first kappa shape index (κ1) is 9.75. The molecule has 13 heavy (non-hydrogen) atoms. The largest absolute Gasteiger partial charge is 0.360 e. The van der Waals surface area contributed by atoms with Gasteiger partial charge in [0.25, 0.3) is 0 Å². The van der Waals surface area contributed by atoms with Crippen LogP contribution in [0.1, 0.15) is 6.92 Å². The Morgan fingerprint density at radius 2 is 2.54 bits per heavy atom. The molecule has 1 rings (SSSR count). The standard InChI is InChI=1S/C9H12N2O2/c1-2-3-9(12)11-4-5-13-8(6-10)7-11/h2-3,8H,4-5,7H2,1H3. The van der Waals surface area contributed by atoms with Crippen molar-refractivity contribution >= 4 is 5.91 Å². The van der Waals surface area contributed by atoms with Crippen molar-refractivity contribution in [3.05, 3.63) is 12.2 Å². The molecule has 0 aromatic rings. The first-order valence-electron chi connectivity index (χ1n) is 4.20. The Bertz CT molecular complexity index is 255. The van der Waals surface area contributed by atoms with Gasteiger partial charge in [-0.25, -0.2) is 0 Å². The number of allylic oxidation sites excluding steroid dienone is 1. The van der Waals surface area contributed by atoms with Crippen molar-refractivity contribution in [2.75, 3.05) is 19.7 Å². The van der Waals surface area contributed by atoms with Gasteiger partial charge in [-0.1, -0.05) is 6.08 Å². The maximum Gasteiger partial charge on any atom is 0.246 e. The highest BCUT2D eigenvalue weighted by atomic mass is 16.5. The molecular formula is C9H12N2O2. The summed E-state index contributed by atoms with van der Waals surface area (Å²) in [6, 6.07) is 1.99. The lowest BCUT2D eigenvalue weighted by Gasteiger charge is -2.28. The minimum atomic E-state index is -0.469. The summed E-state index contributed by atoms with van der Waals surface area (Å²) < 4.78 is 5.11. The van der Waals surface area contributed by atoms with Gasteiger partial charge in [-0.15, -0.1) is 0 Å². The van der Waals surface area contributed by atoms with Gasteiger partial charge in [0.1, 0.15) is 0 Å². The van der Waals surface area contributed by atoms with Crippen molar-refractivity contribution in [2.45, 2.75) is 13.0 Å². The Balaban J connectivity index is 2.52. The smallest absolute Gasteiger partial charge is 0.246 e. The van der Waals surface area contributed by atoms with Crippen LogP contribution in [0.15, 0.2) is 12.2 Å². The van der Waals surface area contributed by atoms with Gasteiger partial charge >= 0.3 is 0 Å². The summed E-state index contributed by atoms with van der Waals surface area (Å²) in [6.07, 6.45) is 2.72. The summed E-state index contributed by atoms with van der Waals surface area (Å²) >= 11 is 0. The van der Waals surface area contributed by atoms with Gasteiger partial charge in [0.15, 0.2) is 6.10 Å². The molecule has 1 amide bonds. The summed E-state index contributed by atoms with van der Waals surface area (Å²) in [4.78, 5) is 13.0. The van der Waals surface area contributed by atoms with Crippen molar-refractivity contribution in [2.24, 2.45) is 0 Å². The fraction of sp³-hybridized carbons (Fsp3) is 0.556. The molecule has 0 radical (unpaired) electrons. The number of hydrogen-bond acceptors (Lipinski definition) is 3. The second-order valence-electron chi connectivity index (χ2n) is 2.77. The Labute approximate surface area is 77.4 Å². The number of carbonyl (C=O) groups is 1. The zero-order chi connectivity index (χ0) is 9.68. The maximum atomic E-state index is 11.3. The summed E-state index contributed by atoms with van der Waals surface area (Å²) in [7, 11) is 0. The molecule has 70 valence electrons. The molecule has 1 aliphatic heterocycles. The van der Waals surface area contributed by atoms with Crippen LogP contribution in [0.25, 0.3) is 0 Å². The fourth-order valence-electron chi connectivity index (χ4n) is 1.18. The van der Waals surface area contributed by atoms with Gasteiger partial charge in [-0.05, 0) is 13.0 Å². The van der Waals surface area contributed by atoms with Crippen LogP contribution in [0, 0.1) is 11.3 Å². The Hall–Kier alpha value is -1.34. The van der Waals surface area contributed by atoms with Crippen LogP contribution in [0.3, 0.4) is 0 Å². The number of nitriles is 1. The van der Waals surface area contributed by atoms with Crippen molar-refractivity contribution in [1.29, 1.82) is 5.26 Å². The summed E-state index contributed by atoms with van der Waals surface area (Å²) in [5.74, 6) is -0.0500. The minimum absolute atomic E-state index is 0.0500. The highest BCUT2D eigenvalue weighted by molar-refractivity contribution is 5.87. The molecular weight excluding hydrogens is 168 g/mol. The molecule has 1 atom stereocenters. The average molecular weight is 180 g/mol. The van der Waals surface area contributed by atoms with Crippen molar-refractivity contribution < 1.29 is 9.53 Å². The predicted octanol–water partition coefficient (Wildman–Crippen LogP) is 0.313. The molecule has 0 aromatic heterocycles. The number of ether oxygens (including phenoxy) is 1. The van der Waals surface area contributed by atoms with E-state index in [2.05, 4.69) is 0 Å². The van der Waals surface area contributed by atoms with E-state index in [0.717, 1.165) is 0 Å². The molecule has 0 N–H and O–H groups in total. The SMILES string of the molecule is CC=CC(=O)N1CCOC(C#N)C1. The third kappa shape index (κ3) is 2.56. The van der Waals surface area contributed by atoms with E-state index < -0.39 is 6.10 Å². The van der Waals surface area contributed by atoms with Crippen LogP contribution < -0.4 is 0 Å². The maximum absolute atomic E-state index is 11.3. The lowest BCUT2D eigenvalue weighted by Crippen LogP contribution is -2.44. The third-order valence-corrected chi connectivity index (χ3v) is 1.83. The second kappa shape index (κ2) is 4.63. The van der Waals surface area contributed by atoms with Gasteiger partial charge in [0.2, 0.25) is 5.91 Å². The molecule has 4 nitrogen and oxygen atoms in total. The molecule has 1 unspecified atom stereocenters. The first-order chi connectivity index (χ1) is 6.27. The molecule has 0 aromatic carbocycles. The van der Waals surface area contributed by atoms with Crippen LogP contribution in [0.5, 0.6) is 0 Å². The molecule has 4 heteroatoms. The van der Waals surface area contributed by atoms with E-state index in [-0.39, 0.29) is 5.91 Å². The lowest BCUT2D eigenvalue weighted by molar-refractivity contribution is -0.131. The van der Waals surface area contributed by atoms with E-state index in [1.165, 1.54) is 6.08 Å². The average Bonchev–Trinajstić information content (AvgIpc) is 2.18. The van der Waals surface area contributed by atoms with Crippen molar-refractivity contribution in [3.8, 4) is 6.07 Å². The Morgan fingerprint density at radius 3 is 3.15 bits per heavy atom. The van der Waals surface area contributed by atoms with Gasteiger partial charge in [0.05, 0.1) is 19.2 Å². The van der Waals surface area contributed by atoms with E-state index in [0.29, 0.717) is 19.7 Å². The first-order valence-corrected chi connectivity index (χ1v) is 4.20. The monoisotopic (exact) mass is 180 g/mol. The van der Waals surface area contributed by atoms with Crippen LogP contribution in [0.2, 0.25) is 0 Å². The third-order valence-electron chi connectivity index (χ3n) is 1.83.